The van der Waals surface area contributed by atoms with E-state index in [9.17, 15) is 23.1 Å². The second-order valence-corrected chi connectivity index (χ2v) is 7.51. The van der Waals surface area contributed by atoms with Gasteiger partial charge in [-0.05, 0) is 30.2 Å². The zero-order chi connectivity index (χ0) is 22.2. The van der Waals surface area contributed by atoms with Crippen LogP contribution in [0.5, 0.6) is 0 Å². The quantitative estimate of drug-likeness (QED) is 0.553. The van der Waals surface area contributed by atoms with Crippen LogP contribution in [0.2, 0.25) is 0 Å². The number of rotatable bonds is 4. The number of amides is 1. The molecular formula is C22H21F3N4O2. The third kappa shape index (κ3) is 4.27. The zero-order valence-electron chi connectivity index (χ0n) is 16.6. The number of alkyl halides is 3. The number of fused-ring (bicyclic) bond motifs is 1. The summed E-state index contributed by atoms with van der Waals surface area (Å²) in [5.41, 5.74) is 1.73. The van der Waals surface area contributed by atoms with E-state index in [1.54, 1.807) is 61.5 Å². The van der Waals surface area contributed by atoms with E-state index in [1.165, 1.54) is 0 Å². The molecule has 3 N–H and O–H groups in total. The Balaban J connectivity index is 1.67. The average Bonchev–Trinajstić information content (AvgIpc) is 3.17. The summed E-state index contributed by atoms with van der Waals surface area (Å²) in [5.74, 6) is -0.572. The van der Waals surface area contributed by atoms with E-state index in [0.29, 0.717) is 16.8 Å². The fourth-order valence-electron chi connectivity index (χ4n) is 3.71. The van der Waals surface area contributed by atoms with Crippen LogP contribution in [-0.4, -0.2) is 27.0 Å². The maximum atomic E-state index is 13.8. The van der Waals surface area contributed by atoms with Crippen LogP contribution in [0.25, 0.3) is 0 Å². The first kappa shape index (κ1) is 20.9. The van der Waals surface area contributed by atoms with Crippen molar-refractivity contribution in [1.29, 1.82) is 0 Å². The first-order valence-electron chi connectivity index (χ1n) is 9.79. The maximum Gasteiger partial charge on any atom is 0.410 e. The molecule has 1 aliphatic rings. The number of carbonyl (C=O) groups excluding carboxylic acids is 1. The van der Waals surface area contributed by atoms with Gasteiger partial charge in [0.2, 0.25) is 0 Å². The standard InChI is InChI=1S/C22H21F3N4O2/c1-13(30)15-8-5-9-16(10-15)27-21(31)17-12-26-29-19(22(23,24)25)11-18(28-20(17)29)14-6-3-2-4-7-14/h2-10,12-13,18-19,28,30H,11H2,1H3,(H,27,31)/t13-,18+,19+/m0/s1. The molecule has 0 bridgehead atoms. The molecule has 0 aliphatic carbocycles. The Morgan fingerprint density at radius 1 is 1.23 bits per heavy atom. The largest absolute Gasteiger partial charge is 0.410 e. The zero-order valence-corrected chi connectivity index (χ0v) is 16.6. The summed E-state index contributed by atoms with van der Waals surface area (Å²) in [5, 5.41) is 19.3. The van der Waals surface area contributed by atoms with Gasteiger partial charge in [0.1, 0.15) is 11.4 Å². The Hall–Kier alpha value is -3.33. The van der Waals surface area contributed by atoms with Gasteiger partial charge in [-0.3, -0.25) is 4.79 Å². The van der Waals surface area contributed by atoms with Gasteiger partial charge in [-0.1, -0.05) is 42.5 Å². The Bertz CT molecular complexity index is 1080. The SMILES string of the molecule is C[C@H](O)c1cccc(NC(=O)c2cnn3c2N[C@@H](c2ccccc2)C[C@@H]3C(F)(F)F)c1. The first-order chi connectivity index (χ1) is 14.7. The van der Waals surface area contributed by atoms with Crippen molar-refractivity contribution in [2.75, 3.05) is 10.6 Å². The maximum absolute atomic E-state index is 13.8. The predicted octanol–water partition coefficient (Wildman–Crippen LogP) is 4.85. The summed E-state index contributed by atoms with van der Waals surface area (Å²) in [6, 6.07) is 13.0. The van der Waals surface area contributed by atoms with Crippen molar-refractivity contribution < 1.29 is 23.1 Å². The van der Waals surface area contributed by atoms with E-state index in [-0.39, 0.29) is 17.8 Å². The lowest BCUT2D eigenvalue weighted by molar-refractivity contribution is -0.173. The molecule has 1 aromatic heterocycles. The number of benzene rings is 2. The molecule has 0 fully saturated rings. The van der Waals surface area contributed by atoms with Crippen LogP contribution in [0.4, 0.5) is 24.7 Å². The monoisotopic (exact) mass is 430 g/mol. The average molecular weight is 430 g/mol. The van der Waals surface area contributed by atoms with Gasteiger partial charge in [-0.2, -0.15) is 18.3 Å². The fraction of sp³-hybridized carbons (Fsp3) is 0.273. The molecule has 0 saturated carbocycles. The van der Waals surface area contributed by atoms with E-state index in [0.717, 1.165) is 10.9 Å². The van der Waals surface area contributed by atoms with Crippen molar-refractivity contribution in [2.24, 2.45) is 0 Å². The van der Waals surface area contributed by atoms with Gasteiger partial charge < -0.3 is 15.7 Å². The van der Waals surface area contributed by atoms with E-state index in [1.807, 2.05) is 0 Å². The first-order valence-corrected chi connectivity index (χ1v) is 9.79. The van der Waals surface area contributed by atoms with E-state index >= 15 is 0 Å². The molecule has 31 heavy (non-hydrogen) atoms. The number of nitrogens with one attached hydrogen (secondary N) is 2. The Morgan fingerprint density at radius 2 is 1.97 bits per heavy atom. The summed E-state index contributed by atoms with van der Waals surface area (Å²) in [6.07, 6.45) is -4.33. The highest BCUT2D eigenvalue weighted by molar-refractivity contribution is 6.07. The summed E-state index contributed by atoms with van der Waals surface area (Å²) >= 11 is 0. The van der Waals surface area contributed by atoms with Gasteiger partial charge in [0.05, 0.1) is 18.3 Å². The number of aliphatic hydroxyl groups excluding tert-OH is 1. The molecule has 0 saturated heterocycles. The van der Waals surface area contributed by atoms with Crippen molar-refractivity contribution in [2.45, 2.75) is 37.7 Å². The van der Waals surface area contributed by atoms with E-state index < -0.39 is 30.3 Å². The molecule has 0 spiro atoms. The summed E-state index contributed by atoms with van der Waals surface area (Å²) < 4.78 is 42.2. The molecule has 162 valence electrons. The number of nitrogens with zero attached hydrogens (tertiary/aromatic N) is 2. The van der Waals surface area contributed by atoms with Gasteiger partial charge >= 0.3 is 6.18 Å². The van der Waals surface area contributed by atoms with Crippen molar-refractivity contribution >= 4 is 17.4 Å². The van der Waals surface area contributed by atoms with Crippen molar-refractivity contribution in [3.05, 3.63) is 77.5 Å². The van der Waals surface area contributed by atoms with Crippen LogP contribution >= 0.6 is 0 Å². The molecule has 1 aliphatic heterocycles. The molecule has 3 aromatic rings. The van der Waals surface area contributed by atoms with Crippen molar-refractivity contribution in [1.82, 2.24) is 9.78 Å². The number of anilines is 2. The number of hydrogen-bond acceptors (Lipinski definition) is 4. The smallest absolute Gasteiger partial charge is 0.389 e. The van der Waals surface area contributed by atoms with Gasteiger partial charge in [-0.25, -0.2) is 4.68 Å². The van der Waals surface area contributed by atoms with Gasteiger partial charge in [-0.15, -0.1) is 0 Å². The van der Waals surface area contributed by atoms with Gasteiger partial charge in [0.25, 0.3) is 5.91 Å². The third-order valence-corrected chi connectivity index (χ3v) is 5.31. The minimum absolute atomic E-state index is 0.0114. The third-order valence-electron chi connectivity index (χ3n) is 5.31. The van der Waals surface area contributed by atoms with Gasteiger partial charge in [0, 0.05) is 12.1 Å². The molecule has 2 heterocycles. The van der Waals surface area contributed by atoms with Crippen LogP contribution in [0.3, 0.4) is 0 Å². The van der Waals surface area contributed by atoms with Crippen LogP contribution in [-0.2, 0) is 0 Å². The minimum atomic E-state index is -4.52. The highest BCUT2D eigenvalue weighted by atomic mass is 19.4. The normalized spacial score (nSPS) is 19.3. The topological polar surface area (TPSA) is 79.2 Å². The minimum Gasteiger partial charge on any atom is -0.389 e. The highest BCUT2D eigenvalue weighted by Crippen LogP contribution is 2.44. The van der Waals surface area contributed by atoms with Crippen LogP contribution in [0, 0.1) is 0 Å². The fourth-order valence-corrected chi connectivity index (χ4v) is 3.71. The molecule has 1 amide bonds. The highest BCUT2D eigenvalue weighted by Gasteiger charge is 2.47. The lowest BCUT2D eigenvalue weighted by atomic mass is 9.96. The Kier molecular flexibility index (Phi) is 5.45. The number of hydrogen-bond donors (Lipinski definition) is 3. The number of halogens is 3. The second kappa shape index (κ2) is 8.07. The lowest BCUT2D eigenvalue weighted by Gasteiger charge is -2.34. The molecule has 9 heteroatoms. The van der Waals surface area contributed by atoms with E-state index in [4.69, 9.17) is 0 Å². The Morgan fingerprint density at radius 3 is 2.65 bits per heavy atom. The molecule has 6 nitrogen and oxygen atoms in total. The molecular weight excluding hydrogens is 409 g/mol. The predicted molar refractivity (Wildman–Crippen MR) is 110 cm³/mol. The molecule has 0 unspecified atom stereocenters. The van der Waals surface area contributed by atoms with Crippen LogP contribution < -0.4 is 10.6 Å². The second-order valence-electron chi connectivity index (χ2n) is 7.51. The number of carbonyl (C=O) groups is 1. The summed E-state index contributed by atoms with van der Waals surface area (Å²) in [6.45, 7) is 1.60. The molecule has 3 atom stereocenters. The Labute approximate surface area is 176 Å². The molecule has 2 aromatic carbocycles. The molecule has 4 rings (SSSR count). The summed E-state index contributed by atoms with van der Waals surface area (Å²) in [4.78, 5) is 12.9. The molecule has 0 radical (unpaired) electrons. The van der Waals surface area contributed by atoms with Crippen molar-refractivity contribution in [3.8, 4) is 0 Å². The van der Waals surface area contributed by atoms with Crippen molar-refractivity contribution in [3.63, 3.8) is 0 Å². The number of aliphatic hydroxyl groups is 1. The van der Waals surface area contributed by atoms with Gasteiger partial charge in [0.15, 0.2) is 6.04 Å². The number of aromatic nitrogens is 2. The summed E-state index contributed by atoms with van der Waals surface area (Å²) in [7, 11) is 0. The van der Waals surface area contributed by atoms with Crippen LogP contribution in [0.15, 0.2) is 60.8 Å². The lowest BCUT2D eigenvalue weighted by Crippen LogP contribution is -2.36. The van der Waals surface area contributed by atoms with E-state index in [2.05, 4.69) is 15.7 Å². The van der Waals surface area contributed by atoms with Crippen LogP contribution in [0.1, 0.15) is 53.0 Å².